The van der Waals surface area contributed by atoms with E-state index in [4.69, 9.17) is 0 Å². The fourth-order valence-electron chi connectivity index (χ4n) is 0.988. The summed E-state index contributed by atoms with van der Waals surface area (Å²) in [6, 6.07) is 0. The number of hydrogen-bond acceptors (Lipinski definition) is 1. The lowest BCUT2D eigenvalue weighted by atomic mass is 10.4. The summed E-state index contributed by atoms with van der Waals surface area (Å²) >= 11 is 3.41. The Labute approximate surface area is 64.9 Å². The molecule has 0 aromatic rings. The van der Waals surface area contributed by atoms with E-state index in [0.29, 0.717) is 0 Å². The summed E-state index contributed by atoms with van der Waals surface area (Å²) in [5.41, 5.74) is 0. The Kier molecular flexibility index (Phi) is 3.12. The number of nitrogens with zero attached hydrogens (tertiary/aromatic N) is 1. The summed E-state index contributed by atoms with van der Waals surface area (Å²) in [7, 11) is 0. The molecule has 1 nitrogen and oxygen atoms in total. The Morgan fingerprint density at radius 2 is 2.44 bits per heavy atom. The molecule has 0 amide bonds. The maximum Gasteiger partial charge on any atom is 0.0207 e. The van der Waals surface area contributed by atoms with Crippen molar-refractivity contribution in [2.45, 2.75) is 12.8 Å². The summed E-state index contributed by atoms with van der Waals surface area (Å²) in [6.45, 7) is 2.44. The summed E-state index contributed by atoms with van der Waals surface area (Å²) < 4.78 is 0. The van der Waals surface area contributed by atoms with Gasteiger partial charge >= 0.3 is 0 Å². The molecule has 0 saturated heterocycles. The average molecular weight is 190 g/mol. The highest BCUT2D eigenvalue weighted by Crippen LogP contribution is 2.04. The zero-order valence-electron chi connectivity index (χ0n) is 5.52. The minimum atomic E-state index is 1.12. The molecule has 0 atom stereocenters. The maximum atomic E-state index is 3.41. The van der Waals surface area contributed by atoms with Crippen molar-refractivity contribution < 1.29 is 0 Å². The molecule has 9 heavy (non-hydrogen) atoms. The van der Waals surface area contributed by atoms with Crippen molar-refractivity contribution in [1.82, 2.24) is 4.90 Å². The van der Waals surface area contributed by atoms with Crippen LogP contribution in [0.1, 0.15) is 12.8 Å². The molecular weight excluding hydrogens is 178 g/mol. The molecule has 1 rings (SSSR count). The predicted octanol–water partition coefficient (Wildman–Crippen LogP) is 1.99. The second-order valence-electron chi connectivity index (χ2n) is 2.25. The highest BCUT2D eigenvalue weighted by atomic mass is 79.9. The second kappa shape index (κ2) is 3.94. The molecule has 0 fully saturated rings. The Balaban J connectivity index is 2.05. The first kappa shape index (κ1) is 7.13. The highest BCUT2D eigenvalue weighted by molar-refractivity contribution is 9.09. The second-order valence-corrected chi connectivity index (χ2v) is 3.04. The number of alkyl halides is 1. The van der Waals surface area contributed by atoms with Crippen molar-refractivity contribution >= 4 is 15.9 Å². The average Bonchev–Trinajstić information content (AvgIpc) is 2.34. The molecule has 0 radical (unpaired) electrons. The largest absolute Gasteiger partial charge is 0.377 e. The molecule has 1 aliphatic rings. The van der Waals surface area contributed by atoms with Gasteiger partial charge in [0.25, 0.3) is 0 Å². The molecule has 0 aromatic heterocycles. The van der Waals surface area contributed by atoms with Crippen molar-refractivity contribution in [3.8, 4) is 0 Å². The van der Waals surface area contributed by atoms with Gasteiger partial charge in [0.15, 0.2) is 0 Å². The Morgan fingerprint density at radius 3 is 3.00 bits per heavy atom. The lowest BCUT2D eigenvalue weighted by Gasteiger charge is -2.13. The molecule has 0 aromatic carbocycles. The van der Waals surface area contributed by atoms with Crippen LogP contribution < -0.4 is 0 Å². The van der Waals surface area contributed by atoms with Gasteiger partial charge in [0.1, 0.15) is 0 Å². The number of rotatable bonds is 3. The molecule has 0 saturated carbocycles. The zero-order valence-corrected chi connectivity index (χ0v) is 7.10. The smallest absolute Gasteiger partial charge is 0.0207 e. The SMILES string of the molecule is BrCCCN1C=CCC1. The first-order chi connectivity index (χ1) is 4.43. The Hall–Kier alpha value is 0.0200. The van der Waals surface area contributed by atoms with Crippen molar-refractivity contribution in [2.75, 3.05) is 18.4 Å². The lowest BCUT2D eigenvalue weighted by Crippen LogP contribution is -2.15. The molecule has 0 aliphatic carbocycles. The van der Waals surface area contributed by atoms with E-state index >= 15 is 0 Å². The quantitative estimate of drug-likeness (QED) is 0.615. The van der Waals surface area contributed by atoms with Gasteiger partial charge in [-0.2, -0.15) is 0 Å². The first-order valence-corrected chi connectivity index (χ1v) is 4.52. The molecule has 0 unspecified atom stereocenters. The van der Waals surface area contributed by atoms with E-state index in [0.717, 1.165) is 5.33 Å². The van der Waals surface area contributed by atoms with Crippen molar-refractivity contribution in [2.24, 2.45) is 0 Å². The normalized spacial score (nSPS) is 17.2. The Morgan fingerprint density at radius 1 is 1.56 bits per heavy atom. The van der Waals surface area contributed by atoms with E-state index in [1.165, 1.54) is 25.9 Å². The van der Waals surface area contributed by atoms with Crippen LogP contribution in [0.3, 0.4) is 0 Å². The third kappa shape index (κ3) is 2.39. The predicted molar refractivity (Wildman–Crippen MR) is 43.7 cm³/mol. The van der Waals surface area contributed by atoms with Crippen molar-refractivity contribution in [1.29, 1.82) is 0 Å². The fraction of sp³-hybridized carbons (Fsp3) is 0.714. The van der Waals surface area contributed by atoms with E-state index in [2.05, 4.69) is 33.1 Å². The highest BCUT2D eigenvalue weighted by Gasteiger charge is 2.01. The topological polar surface area (TPSA) is 3.24 Å². The summed E-state index contributed by atoms with van der Waals surface area (Å²) in [4.78, 5) is 2.36. The molecule has 0 bridgehead atoms. The molecular formula is C7H12BrN. The first-order valence-electron chi connectivity index (χ1n) is 3.40. The third-order valence-electron chi connectivity index (χ3n) is 1.48. The van der Waals surface area contributed by atoms with Gasteiger partial charge in [0, 0.05) is 18.4 Å². The summed E-state index contributed by atoms with van der Waals surface area (Å²) in [5, 5.41) is 1.12. The van der Waals surface area contributed by atoms with Gasteiger partial charge in [-0.25, -0.2) is 0 Å². The summed E-state index contributed by atoms with van der Waals surface area (Å²) in [6.07, 6.45) is 6.92. The molecule has 1 aliphatic heterocycles. The number of hydrogen-bond donors (Lipinski definition) is 0. The standard InChI is InChI=1S/C7H12BrN/c8-4-3-7-9-5-1-2-6-9/h1,5H,2-4,6-7H2. The molecule has 2 heteroatoms. The molecule has 0 spiro atoms. The molecule has 52 valence electrons. The van der Waals surface area contributed by atoms with Crippen molar-refractivity contribution in [3.63, 3.8) is 0 Å². The van der Waals surface area contributed by atoms with Crippen LogP contribution in [-0.2, 0) is 0 Å². The Bertz CT molecular complexity index is 101. The van der Waals surface area contributed by atoms with Gasteiger partial charge in [-0.3, -0.25) is 0 Å². The van der Waals surface area contributed by atoms with Gasteiger partial charge in [0.05, 0.1) is 0 Å². The fourth-order valence-corrected chi connectivity index (χ4v) is 1.24. The van der Waals surface area contributed by atoms with E-state index in [-0.39, 0.29) is 0 Å². The monoisotopic (exact) mass is 189 g/mol. The number of halogens is 1. The van der Waals surface area contributed by atoms with Gasteiger partial charge in [-0.15, -0.1) is 0 Å². The van der Waals surface area contributed by atoms with Crippen LogP contribution in [0.25, 0.3) is 0 Å². The zero-order chi connectivity index (χ0) is 6.53. The summed E-state index contributed by atoms with van der Waals surface area (Å²) in [5.74, 6) is 0. The van der Waals surface area contributed by atoms with Crippen LogP contribution in [0.2, 0.25) is 0 Å². The minimum absolute atomic E-state index is 1.12. The third-order valence-corrected chi connectivity index (χ3v) is 2.04. The van der Waals surface area contributed by atoms with Gasteiger partial charge in [0.2, 0.25) is 0 Å². The van der Waals surface area contributed by atoms with Gasteiger partial charge in [-0.05, 0) is 19.0 Å². The maximum absolute atomic E-state index is 3.41. The molecule has 0 N–H and O–H groups in total. The lowest BCUT2D eigenvalue weighted by molar-refractivity contribution is 0.408. The van der Waals surface area contributed by atoms with E-state index in [9.17, 15) is 0 Å². The van der Waals surface area contributed by atoms with Crippen LogP contribution >= 0.6 is 15.9 Å². The van der Waals surface area contributed by atoms with Crippen LogP contribution in [0.5, 0.6) is 0 Å². The van der Waals surface area contributed by atoms with Crippen LogP contribution in [0.15, 0.2) is 12.3 Å². The minimum Gasteiger partial charge on any atom is -0.377 e. The van der Waals surface area contributed by atoms with Crippen LogP contribution in [0.4, 0.5) is 0 Å². The van der Waals surface area contributed by atoms with Gasteiger partial charge < -0.3 is 4.90 Å². The van der Waals surface area contributed by atoms with Crippen LogP contribution in [0, 0.1) is 0 Å². The van der Waals surface area contributed by atoms with Gasteiger partial charge in [-0.1, -0.05) is 22.0 Å². The van der Waals surface area contributed by atoms with E-state index in [1.807, 2.05) is 0 Å². The van der Waals surface area contributed by atoms with E-state index in [1.54, 1.807) is 0 Å². The molecule has 1 heterocycles. The van der Waals surface area contributed by atoms with E-state index < -0.39 is 0 Å². The van der Waals surface area contributed by atoms with Crippen LogP contribution in [-0.4, -0.2) is 23.3 Å². The van der Waals surface area contributed by atoms with Crippen molar-refractivity contribution in [3.05, 3.63) is 12.3 Å².